The van der Waals surface area contributed by atoms with Gasteiger partial charge in [-0.1, -0.05) is 46.3 Å². The van der Waals surface area contributed by atoms with Crippen molar-refractivity contribution in [2.75, 3.05) is 14.1 Å². The fourth-order valence-corrected chi connectivity index (χ4v) is 6.45. The van der Waals surface area contributed by atoms with E-state index >= 15 is 0 Å². The molecule has 0 heterocycles. The Morgan fingerprint density at radius 2 is 1.74 bits per heavy atom. The lowest BCUT2D eigenvalue weighted by Gasteiger charge is -2.50. The van der Waals surface area contributed by atoms with Gasteiger partial charge in [0, 0.05) is 16.0 Å². The van der Waals surface area contributed by atoms with E-state index in [9.17, 15) is 34.8 Å². The van der Waals surface area contributed by atoms with Gasteiger partial charge in [0.15, 0.2) is 11.4 Å². The second-order valence-electron chi connectivity index (χ2n) is 10.4. The molecule has 0 spiro atoms. The SMILES string of the molecule is CN(C)[C@H]1C(=O)C(C(N)=O)=C(O)[C@]2(O)C(=O)C3=C(O)c4c(O)ccc(/C=C/c5ccc(Br)cc5)c4C[C@@H]3C[C@H]12. The van der Waals surface area contributed by atoms with Crippen molar-refractivity contribution >= 4 is 51.3 Å². The predicted octanol–water partition coefficient (Wildman–Crippen LogP) is 2.90. The number of carbonyl (C=O) groups excluding carboxylic acids is 3. The Hall–Kier alpha value is -3.73. The summed E-state index contributed by atoms with van der Waals surface area (Å²) in [6.07, 6.45) is 4.00. The zero-order valence-corrected chi connectivity index (χ0v) is 22.8. The zero-order valence-electron chi connectivity index (χ0n) is 21.2. The minimum Gasteiger partial charge on any atom is -0.508 e. The lowest BCUT2D eigenvalue weighted by molar-refractivity contribution is -0.153. The van der Waals surface area contributed by atoms with Crippen LogP contribution in [0.15, 0.2) is 57.8 Å². The first-order valence-electron chi connectivity index (χ1n) is 12.3. The van der Waals surface area contributed by atoms with Crippen LogP contribution in [-0.4, -0.2) is 68.5 Å². The van der Waals surface area contributed by atoms with Gasteiger partial charge in [0.1, 0.15) is 22.8 Å². The number of likely N-dealkylation sites (N-methyl/N-ethyl adjacent to an activating group) is 1. The number of nitrogens with two attached hydrogens (primary N) is 1. The molecule has 4 atom stereocenters. The molecule has 202 valence electrons. The van der Waals surface area contributed by atoms with Gasteiger partial charge in [-0.15, -0.1) is 0 Å². The van der Waals surface area contributed by atoms with Crippen LogP contribution in [0.3, 0.4) is 0 Å². The van der Waals surface area contributed by atoms with Gasteiger partial charge in [0.05, 0.1) is 11.6 Å². The maximum Gasteiger partial charge on any atom is 0.255 e. The number of fused-ring (bicyclic) bond motifs is 3. The Morgan fingerprint density at radius 3 is 2.36 bits per heavy atom. The topological polar surface area (TPSA) is 161 Å². The molecule has 10 heteroatoms. The summed E-state index contributed by atoms with van der Waals surface area (Å²) in [6, 6.07) is 9.65. The molecule has 1 fully saturated rings. The summed E-state index contributed by atoms with van der Waals surface area (Å²) in [7, 11) is 3.13. The van der Waals surface area contributed by atoms with E-state index in [2.05, 4.69) is 15.9 Å². The van der Waals surface area contributed by atoms with E-state index in [1.54, 1.807) is 20.2 Å². The molecule has 39 heavy (non-hydrogen) atoms. The van der Waals surface area contributed by atoms with E-state index in [4.69, 9.17) is 5.73 Å². The van der Waals surface area contributed by atoms with Crippen molar-refractivity contribution in [3.8, 4) is 5.75 Å². The molecule has 0 aromatic heterocycles. The maximum absolute atomic E-state index is 13.9. The molecule has 1 amide bonds. The third-order valence-electron chi connectivity index (χ3n) is 7.97. The second kappa shape index (κ2) is 9.48. The normalized spacial score (nSPS) is 26.6. The lowest BCUT2D eigenvalue weighted by Crippen LogP contribution is -2.65. The first-order chi connectivity index (χ1) is 18.4. The molecule has 5 rings (SSSR count). The number of aromatic hydroxyl groups is 1. The molecule has 0 bridgehead atoms. The number of Topliss-reactive ketones (excluding diaryl/α,β-unsaturated/α-hetero) is 2. The van der Waals surface area contributed by atoms with Crippen molar-refractivity contribution < 1.29 is 34.8 Å². The monoisotopic (exact) mass is 594 g/mol. The molecule has 0 saturated heterocycles. The van der Waals surface area contributed by atoms with Crippen molar-refractivity contribution in [1.82, 2.24) is 4.90 Å². The average Bonchev–Trinajstić information content (AvgIpc) is 2.86. The highest BCUT2D eigenvalue weighted by Gasteiger charge is 2.64. The van der Waals surface area contributed by atoms with Gasteiger partial charge in [-0.05, 0) is 67.7 Å². The summed E-state index contributed by atoms with van der Waals surface area (Å²) in [5, 5.41) is 44.6. The van der Waals surface area contributed by atoms with Crippen LogP contribution in [-0.2, 0) is 20.8 Å². The number of hydrogen-bond acceptors (Lipinski definition) is 8. The highest BCUT2D eigenvalue weighted by Crippen LogP contribution is 2.53. The number of nitrogens with zero attached hydrogens (tertiary/aromatic N) is 1. The van der Waals surface area contributed by atoms with E-state index < -0.39 is 58.0 Å². The summed E-state index contributed by atoms with van der Waals surface area (Å²) < 4.78 is 0.937. The van der Waals surface area contributed by atoms with Crippen molar-refractivity contribution in [1.29, 1.82) is 0 Å². The molecular weight excluding hydrogens is 568 g/mol. The molecule has 1 saturated carbocycles. The molecule has 2 aromatic carbocycles. The largest absolute Gasteiger partial charge is 0.508 e. The third kappa shape index (κ3) is 4.02. The van der Waals surface area contributed by atoms with Crippen molar-refractivity contribution in [3.05, 3.63) is 80.0 Å². The molecule has 0 aliphatic heterocycles. The number of ketones is 2. The average molecular weight is 595 g/mol. The molecule has 0 unspecified atom stereocenters. The highest BCUT2D eigenvalue weighted by molar-refractivity contribution is 9.10. The lowest BCUT2D eigenvalue weighted by atomic mass is 9.57. The van der Waals surface area contributed by atoms with Crippen molar-refractivity contribution in [2.24, 2.45) is 17.6 Å². The maximum atomic E-state index is 13.9. The first kappa shape index (κ1) is 26.9. The molecular formula is C29H27BrN2O7. The number of halogens is 1. The van der Waals surface area contributed by atoms with Crippen LogP contribution in [0.5, 0.6) is 5.75 Å². The summed E-state index contributed by atoms with van der Waals surface area (Å²) in [6.45, 7) is 0. The standard InChI is InChI=1S/C29H27BrN2O7/c1-32(2)23-18-12-15-11-17-14(6-3-13-4-8-16(30)9-5-13)7-10-19(33)21(17)24(34)20(15)26(36)29(18,39)27(37)22(25(23)35)28(31)38/h3-10,15,18,23,33-34,37,39H,11-12H2,1-2H3,(H2,31,38)/b6-3+/t15-,18-,23-,29-/m1/s1. The number of aliphatic hydroxyl groups excluding tert-OH is 2. The van der Waals surface area contributed by atoms with Gasteiger partial charge in [-0.2, -0.15) is 0 Å². The summed E-state index contributed by atoms with van der Waals surface area (Å²) >= 11 is 3.41. The Balaban J connectivity index is 1.66. The first-order valence-corrected chi connectivity index (χ1v) is 13.1. The number of hydrogen-bond donors (Lipinski definition) is 5. The molecule has 2 aromatic rings. The van der Waals surface area contributed by atoms with Crippen molar-refractivity contribution in [2.45, 2.75) is 24.5 Å². The molecule has 3 aliphatic carbocycles. The fourth-order valence-electron chi connectivity index (χ4n) is 6.18. The van der Waals surface area contributed by atoms with Gasteiger partial charge in [0.25, 0.3) is 5.91 Å². The Morgan fingerprint density at radius 1 is 1.08 bits per heavy atom. The third-order valence-corrected chi connectivity index (χ3v) is 8.49. The highest BCUT2D eigenvalue weighted by atomic mass is 79.9. The number of phenols is 1. The molecule has 0 radical (unpaired) electrons. The van der Waals surface area contributed by atoms with Gasteiger partial charge >= 0.3 is 0 Å². The van der Waals surface area contributed by atoms with E-state index in [1.165, 1.54) is 11.0 Å². The summed E-state index contributed by atoms with van der Waals surface area (Å²) in [5.74, 6) is -6.69. The minimum atomic E-state index is -2.65. The number of phenolic OH excluding ortho intramolecular Hbond substituents is 1. The number of primary amides is 1. The smallest absolute Gasteiger partial charge is 0.255 e. The van der Waals surface area contributed by atoms with Gasteiger partial charge in [-0.25, -0.2) is 0 Å². The summed E-state index contributed by atoms with van der Waals surface area (Å²) in [4.78, 5) is 40.6. The number of rotatable bonds is 4. The quantitative estimate of drug-likeness (QED) is 0.266. The Labute approximate surface area is 232 Å². The number of benzene rings is 2. The van der Waals surface area contributed by atoms with E-state index in [-0.39, 0.29) is 29.7 Å². The number of amides is 1. The van der Waals surface area contributed by atoms with Gasteiger partial charge in [-0.3, -0.25) is 19.3 Å². The van der Waals surface area contributed by atoms with Crippen LogP contribution in [0.25, 0.3) is 17.9 Å². The molecule has 9 nitrogen and oxygen atoms in total. The molecule has 6 N–H and O–H groups in total. The Bertz CT molecular complexity index is 1520. The summed E-state index contributed by atoms with van der Waals surface area (Å²) in [5.41, 5.74) is 4.00. The fraction of sp³-hybridized carbons (Fsp3) is 0.276. The van der Waals surface area contributed by atoms with Crippen LogP contribution in [0.1, 0.15) is 28.7 Å². The van der Waals surface area contributed by atoms with Gasteiger partial charge in [0.2, 0.25) is 5.78 Å². The van der Waals surface area contributed by atoms with E-state index in [1.807, 2.05) is 36.4 Å². The zero-order chi connectivity index (χ0) is 28.4. The Kier molecular flexibility index (Phi) is 6.53. The van der Waals surface area contributed by atoms with Crippen molar-refractivity contribution in [3.63, 3.8) is 0 Å². The number of carbonyl (C=O) groups is 3. The van der Waals surface area contributed by atoms with Crippen LogP contribution in [0.2, 0.25) is 0 Å². The van der Waals surface area contributed by atoms with Crippen LogP contribution in [0, 0.1) is 11.8 Å². The molecule has 3 aliphatic rings. The van der Waals surface area contributed by atoms with Crippen LogP contribution < -0.4 is 5.73 Å². The van der Waals surface area contributed by atoms with E-state index in [0.29, 0.717) is 11.1 Å². The number of aliphatic hydroxyl groups is 3. The predicted molar refractivity (Wildman–Crippen MR) is 147 cm³/mol. The van der Waals surface area contributed by atoms with E-state index in [0.717, 1.165) is 10.0 Å². The van der Waals surface area contributed by atoms with Crippen LogP contribution >= 0.6 is 15.9 Å². The van der Waals surface area contributed by atoms with Gasteiger partial charge < -0.3 is 26.2 Å². The second-order valence-corrected chi connectivity index (χ2v) is 11.3. The van der Waals surface area contributed by atoms with Crippen LogP contribution in [0.4, 0.5) is 0 Å². The minimum absolute atomic E-state index is 0.0390.